The van der Waals surface area contributed by atoms with Crippen LogP contribution >= 0.6 is 12.2 Å². The number of aryl methyl sites for hydroxylation is 2. The Morgan fingerprint density at radius 3 is 2.31 bits per heavy atom. The Hall–Kier alpha value is -2.85. The number of thiocarbonyl (C=S) groups is 1. The topological polar surface area (TPSA) is 33.3 Å². The Morgan fingerprint density at radius 2 is 1.62 bits per heavy atom. The molecular weight excluding hydrogens is 340 g/mol. The van der Waals surface area contributed by atoms with Gasteiger partial charge in [-0.25, -0.2) is 0 Å². The predicted molar refractivity (Wildman–Crippen MR) is 113 cm³/mol. The lowest BCUT2D eigenvalue weighted by molar-refractivity contribution is 0.306. The van der Waals surface area contributed by atoms with Crippen LogP contribution in [0.15, 0.2) is 72.8 Å². The Morgan fingerprint density at radius 1 is 0.885 bits per heavy atom. The van der Waals surface area contributed by atoms with Gasteiger partial charge in [0.1, 0.15) is 12.4 Å². The van der Waals surface area contributed by atoms with Crippen LogP contribution in [-0.2, 0) is 6.61 Å². The van der Waals surface area contributed by atoms with Crippen molar-refractivity contribution in [2.24, 2.45) is 0 Å². The SMILES string of the molecule is Cc1ccc(NC(=S)Nc2ccc(OCc3ccccc3)cc2)c(C)c1. The number of ether oxygens (including phenoxy) is 1. The number of benzene rings is 3. The van der Waals surface area contributed by atoms with Crippen molar-refractivity contribution in [2.45, 2.75) is 20.5 Å². The first-order valence-electron chi connectivity index (χ1n) is 8.52. The number of hydrogen-bond acceptors (Lipinski definition) is 2. The largest absolute Gasteiger partial charge is 0.489 e. The molecule has 0 aromatic heterocycles. The molecule has 0 atom stereocenters. The van der Waals surface area contributed by atoms with Gasteiger partial charge in [-0.3, -0.25) is 0 Å². The monoisotopic (exact) mass is 362 g/mol. The van der Waals surface area contributed by atoms with E-state index in [9.17, 15) is 0 Å². The zero-order chi connectivity index (χ0) is 18.4. The number of hydrogen-bond donors (Lipinski definition) is 2. The molecule has 4 heteroatoms. The highest BCUT2D eigenvalue weighted by molar-refractivity contribution is 7.80. The second-order valence-corrected chi connectivity index (χ2v) is 6.60. The summed E-state index contributed by atoms with van der Waals surface area (Å²) < 4.78 is 5.80. The van der Waals surface area contributed by atoms with E-state index in [-0.39, 0.29) is 0 Å². The molecule has 0 saturated heterocycles. The van der Waals surface area contributed by atoms with Gasteiger partial charge in [-0.05, 0) is 67.5 Å². The molecule has 132 valence electrons. The minimum absolute atomic E-state index is 0.556. The molecule has 0 aliphatic heterocycles. The van der Waals surface area contributed by atoms with Gasteiger partial charge in [0, 0.05) is 11.4 Å². The van der Waals surface area contributed by atoms with E-state index in [4.69, 9.17) is 17.0 Å². The van der Waals surface area contributed by atoms with Gasteiger partial charge >= 0.3 is 0 Å². The third kappa shape index (κ3) is 5.07. The molecule has 3 nitrogen and oxygen atoms in total. The lowest BCUT2D eigenvalue weighted by Crippen LogP contribution is -2.19. The van der Waals surface area contributed by atoms with Crippen LogP contribution in [0.2, 0.25) is 0 Å². The van der Waals surface area contributed by atoms with E-state index < -0.39 is 0 Å². The quantitative estimate of drug-likeness (QED) is 0.571. The highest BCUT2D eigenvalue weighted by Gasteiger charge is 2.03. The van der Waals surface area contributed by atoms with E-state index in [0.29, 0.717) is 11.7 Å². The second-order valence-electron chi connectivity index (χ2n) is 6.20. The van der Waals surface area contributed by atoms with Crippen molar-refractivity contribution in [3.8, 4) is 5.75 Å². The first-order valence-corrected chi connectivity index (χ1v) is 8.93. The molecule has 3 rings (SSSR count). The van der Waals surface area contributed by atoms with E-state index in [0.717, 1.165) is 22.7 Å². The van der Waals surface area contributed by atoms with Crippen LogP contribution in [0, 0.1) is 13.8 Å². The molecule has 3 aromatic rings. The molecule has 0 radical (unpaired) electrons. The Bertz CT molecular complexity index is 876. The Kier molecular flexibility index (Phi) is 5.87. The fourth-order valence-electron chi connectivity index (χ4n) is 2.61. The first kappa shape index (κ1) is 18.0. The average Bonchev–Trinajstić information content (AvgIpc) is 2.64. The molecule has 0 saturated carbocycles. The van der Waals surface area contributed by atoms with Gasteiger partial charge in [0.25, 0.3) is 0 Å². The summed E-state index contributed by atoms with van der Waals surface area (Å²) in [6.07, 6.45) is 0. The van der Waals surface area contributed by atoms with Gasteiger partial charge < -0.3 is 15.4 Å². The Labute approximate surface area is 160 Å². The predicted octanol–water partition coefficient (Wildman–Crippen LogP) is 5.69. The molecule has 0 unspecified atom stereocenters. The van der Waals surface area contributed by atoms with Crippen molar-refractivity contribution in [1.82, 2.24) is 0 Å². The molecule has 26 heavy (non-hydrogen) atoms. The average molecular weight is 362 g/mol. The molecule has 0 bridgehead atoms. The molecule has 0 amide bonds. The van der Waals surface area contributed by atoms with Gasteiger partial charge in [0.05, 0.1) is 0 Å². The summed E-state index contributed by atoms with van der Waals surface area (Å²) in [6.45, 7) is 4.70. The lowest BCUT2D eigenvalue weighted by atomic mass is 10.1. The summed E-state index contributed by atoms with van der Waals surface area (Å²) in [5.74, 6) is 0.827. The molecule has 0 spiro atoms. The van der Waals surface area contributed by atoms with E-state index in [1.165, 1.54) is 11.1 Å². The van der Waals surface area contributed by atoms with Crippen molar-refractivity contribution < 1.29 is 4.74 Å². The zero-order valence-electron chi connectivity index (χ0n) is 15.0. The summed E-state index contributed by atoms with van der Waals surface area (Å²) >= 11 is 5.40. The molecule has 3 aromatic carbocycles. The van der Waals surface area contributed by atoms with Gasteiger partial charge in [0.15, 0.2) is 5.11 Å². The molecule has 0 aliphatic rings. The highest BCUT2D eigenvalue weighted by atomic mass is 32.1. The van der Waals surface area contributed by atoms with Gasteiger partial charge in [-0.2, -0.15) is 0 Å². The summed E-state index contributed by atoms with van der Waals surface area (Å²) in [6, 6.07) is 24.1. The number of rotatable bonds is 5. The summed E-state index contributed by atoms with van der Waals surface area (Å²) in [5.41, 5.74) is 5.47. The maximum absolute atomic E-state index is 5.80. The van der Waals surface area contributed by atoms with Crippen LogP contribution in [0.3, 0.4) is 0 Å². The summed E-state index contributed by atoms with van der Waals surface area (Å²) in [7, 11) is 0. The third-order valence-corrected chi connectivity index (χ3v) is 4.19. The smallest absolute Gasteiger partial charge is 0.175 e. The normalized spacial score (nSPS) is 10.2. The highest BCUT2D eigenvalue weighted by Crippen LogP contribution is 2.19. The van der Waals surface area contributed by atoms with E-state index >= 15 is 0 Å². The molecule has 0 fully saturated rings. The fourth-order valence-corrected chi connectivity index (χ4v) is 2.84. The standard InChI is InChI=1S/C22H22N2OS/c1-16-8-13-21(17(2)14-16)24-22(26)23-19-9-11-20(12-10-19)25-15-18-6-4-3-5-7-18/h3-14H,15H2,1-2H3,(H2,23,24,26). The van der Waals surface area contributed by atoms with E-state index in [1.54, 1.807) is 0 Å². The van der Waals surface area contributed by atoms with Crippen LogP contribution < -0.4 is 15.4 Å². The number of nitrogens with one attached hydrogen (secondary N) is 2. The maximum Gasteiger partial charge on any atom is 0.175 e. The van der Waals surface area contributed by atoms with Crippen molar-refractivity contribution in [2.75, 3.05) is 10.6 Å². The lowest BCUT2D eigenvalue weighted by Gasteiger charge is -2.13. The van der Waals surface area contributed by atoms with Crippen LogP contribution in [0.4, 0.5) is 11.4 Å². The van der Waals surface area contributed by atoms with Gasteiger partial charge in [0.2, 0.25) is 0 Å². The van der Waals surface area contributed by atoms with Crippen molar-refractivity contribution >= 4 is 28.7 Å². The van der Waals surface area contributed by atoms with Crippen molar-refractivity contribution in [3.05, 3.63) is 89.5 Å². The fraction of sp³-hybridized carbons (Fsp3) is 0.136. The zero-order valence-corrected chi connectivity index (χ0v) is 15.8. The van der Waals surface area contributed by atoms with Crippen LogP contribution in [0.5, 0.6) is 5.75 Å². The Balaban J connectivity index is 1.54. The minimum atomic E-state index is 0.556. The summed E-state index contributed by atoms with van der Waals surface area (Å²) in [4.78, 5) is 0. The molecular formula is C22H22N2OS. The van der Waals surface area contributed by atoms with Crippen molar-refractivity contribution in [1.29, 1.82) is 0 Å². The minimum Gasteiger partial charge on any atom is -0.489 e. The van der Waals surface area contributed by atoms with E-state index in [2.05, 4.69) is 36.6 Å². The summed E-state index contributed by atoms with van der Waals surface area (Å²) in [5, 5.41) is 7.00. The first-order chi connectivity index (χ1) is 12.6. The molecule has 2 N–H and O–H groups in total. The number of anilines is 2. The third-order valence-electron chi connectivity index (χ3n) is 3.99. The van der Waals surface area contributed by atoms with E-state index in [1.807, 2.05) is 60.7 Å². The van der Waals surface area contributed by atoms with Crippen LogP contribution in [0.1, 0.15) is 16.7 Å². The van der Waals surface area contributed by atoms with Gasteiger partial charge in [-0.15, -0.1) is 0 Å². The van der Waals surface area contributed by atoms with Gasteiger partial charge in [-0.1, -0.05) is 48.0 Å². The maximum atomic E-state index is 5.80. The second kappa shape index (κ2) is 8.50. The molecule has 0 heterocycles. The van der Waals surface area contributed by atoms with Crippen LogP contribution in [-0.4, -0.2) is 5.11 Å². The molecule has 0 aliphatic carbocycles. The van der Waals surface area contributed by atoms with Crippen LogP contribution in [0.25, 0.3) is 0 Å². The van der Waals surface area contributed by atoms with Crippen molar-refractivity contribution in [3.63, 3.8) is 0 Å².